The van der Waals surface area contributed by atoms with Gasteiger partial charge in [-0.05, 0) is 30.0 Å². The van der Waals surface area contributed by atoms with Crippen molar-refractivity contribution in [3.8, 4) is 0 Å². The number of hydrogen-bond donors (Lipinski definition) is 2. The second-order valence-electron chi connectivity index (χ2n) is 5.26. The lowest BCUT2D eigenvalue weighted by atomic mass is 10.1. The van der Waals surface area contributed by atoms with Crippen molar-refractivity contribution in [3.63, 3.8) is 0 Å². The predicted molar refractivity (Wildman–Crippen MR) is 88.2 cm³/mol. The van der Waals surface area contributed by atoms with Gasteiger partial charge in [-0.25, -0.2) is 0 Å². The molecule has 3 N–H and O–H groups in total. The van der Waals surface area contributed by atoms with Gasteiger partial charge in [-0.2, -0.15) is 0 Å². The molecule has 1 aliphatic carbocycles. The lowest BCUT2D eigenvalue weighted by Crippen LogP contribution is -2.19. The molecule has 0 radical (unpaired) electrons. The van der Waals surface area contributed by atoms with E-state index >= 15 is 0 Å². The van der Waals surface area contributed by atoms with Crippen LogP contribution in [0.25, 0.3) is 0 Å². The first-order valence-electron chi connectivity index (χ1n) is 6.91. The van der Waals surface area contributed by atoms with Gasteiger partial charge in [-0.3, -0.25) is 4.79 Å². The van der Waals surface area contributed by atoms with Gasteiger partial charge in [-0.15, -0.1) is 0 Å². The highest BCUT2D eigenvalue weighted by Gasteiger charge is 2.43. The number of carbonyl (C=O) groups is 1. The summed E-state index contributed by atoms with van der Waals surface area (Å²) in [7, 11) is 0. The van der Waals surface area contributed by atoms with Gasteiger partial charge in [-0.1, -0.05) is 54.7 Å². The standard InChI is InChI=1S/C17H16N2OS/c18-16(21)12-8-4-5-9-15(12)19-17(20)14-10-13(14)11-6-2-1-3-7-11/h1-9,13-14H,10H2,(H2,18,21)(H,19,20). The van der Waals surface area contributed by atoms with E-state index in [2.05, 4.69) is 17.4 Å². The summed E-state index contributed by atoms with van der Waals surface area (Å²) >= 11 is 5.01. The van der Waals surface area contributed by atoms with Crippen molar-refractivity contribution in [3.05, 3.63) is 65.7 Å². The summed E-state index contributed by atoms with van der Waals surface area (Å²) in [6.07, 6.45) is 0.894. The molecule has 4 heteroatoms. The van der Waals surface area contributed by atoms with Crippen molar-refractivity contribution < 1.29 is 4.79 Å². The fraction of sp³-hybridized carbons (Fsp3) is 0.176. The molecule has 1 aliphatic rings. The normalized spacial score (nSPS) is 19.8. The molecule has 2 unspecified atom stereocenters. The summed E-state index contributed by atoms with van der Waals surface area (Å²) in [4.78, 5) is 12.6. The number of rotatable bonds is 4. The SMILES string of the molecule is NC(=S)c1ccccc1NC(=O)C1CC1c1ccccc1. The Kier molecular flexibility index (Phi) is 3.71. The average Bonchev–Trinajstić information content (AvgIpc) is 3.29. The maximum Gasteiger partial charge on any atom is 0.228 e. The van der Waals surface area contributed by atoms with Crippen LogP contribution in [0.2, 0.25) is 0 Å². The molecular weight excluding hydrogens is 280 g/mol. The Balaban J connectivity index is 1.70. The number of amides is 1. The maximum atomic E-state index is 12.3. The summed E-state index contributed by atoms with van der Waals surface area (Å²) in [5.74, 6) is 0.391. The van der Waals surface area contributed by atoms with Gasteiger partial charge in [0.15, 0.2) is 0 Å². The lowest BCUT2D eigenvalue weighted by Gasteiger charge is -2.09. The first-order valence-corrected chi connectivity index (χ1v) is 7.32. The monoisotopic (exact) mass is 296 g/mol. The Morgan fingerprint density at radius 1 is 1.10 bits per heavy atom. The van der Waals surface area contributed by atoms with E-state index in [9.17, 15) is 4.79 Å². The van der Waals surface area contributed by atoms with Crippen LogP contribution in [-0.2, 0) is 4.79 Å². The summed E-state index contributed by atoms with van der Waals surface area (Å²) < 4.78 is 0. The molecule has 0 heterocycles. The van der Waals surface area contributed by atoms with E-state index in [-0.39, 0.29) is 11.8 Å². The van der Waals surface area contributed by atoms with Crippen LogP contribution in [0.15, 0.2) is 54.6 Å². The van der Waals surface area contributed by atoms with E-state index in [0.29, 0.717) is 22.2 Å². The summed E-state index contributed by atoms with van der Waals surface area (Å²) in [6.45, 7) is 0. The molecule has 1 amide bonds. The van der Waals surface area contributed by atoms with Gasteiger partial charge in [0.25, 0.3) is 0 Å². The largest absolute Gasteiger partial charge is 0.389 e. The quantitative estimate of drug-likeness (QED) is 0.853. The molecule has 3 rings (SSSR count). The van der Waals surface area contributed by atoms with Crippen molar-refractivity contribution in [2.45, 2.75) is 12.3 Å². The van der Waals surface area contributed by atoms with E-state index < -0.39 is 0 Å². The number of hydrogen-bond acceptors (Lipinski definition) is 2. The molecule has 21 heavy (non-hydrogen) atoms. The van der Waals surface area contributed by atoms with Crippen molar-refractivity contribution >= 4 is 28.8 Å². The van der Waals surface area contributed by atoms with Crippen LogP contribution >= 0.6 is 12.2 Å². The first-order chi connectivity index (χ1) is 10.2. The molecule has 2 aromatic rings. The number of nitrogens with one attached hydrogen (secondary N) is 1. The number of nitrogens with two attached hydrogens (primary N) is 1. The topological polar surface area (TPSA) is 55.1 Å². The van der Waals surface area contributed by atoms with E-state index in [0.717, 1.165) is 6.42 Å². The molecule has 0 bridgehead atoms. The zero-order valence-electron chi connectivity index (χ0n) is 11.5. The number of anilines is 1. The highest BCUT2D eigenvalue weighted by Crippen LogP contribution is 2.47. The summed E-state index contributed by atoms with van der Waals surface area (Å²) in [5.41, 5.74) is 8.30. The van der Waals surface area contributed by atoms with Gasteiger partial charge in [0.1, 0.15) is 4.99 Å². The Morgan fingerprint density at radius 3 is 2.48 bits per heavy atom. The van der Waals surface area contributed by atoms with Crippen LogP contribution in [0.5, 0.6) is 0 Å². The van der Waals surface area contributed by atoms with Gasteiger partial charge in [0, 0.05) is 11.5 Å². The Bertz CT molecular complexity index is 684. The Labute approximate surface area is 129 Å². The van der Waals surface area contributed by atoms with E-state index in [1.165, 1.54) is 5.56 Å². The average molecular weight is 296 g/mol. The molecule has 2 aromatic carbocycles. The van der Waals surface area contributed by atoms with Gasteiger partial charge >= 0.3 is 0 Å². The fourth-order valence-corrected chi connectivity index (χ4v) is 2.76. The van der Waals surface area contributed by atoms with Gasteiger partial charge in [0.2, 0.25) is 5.91 Å². The third kappa shape index (κ3) is 2.95. The van der Waals surface area contributed by atoms with Gasteiger partial charge < -0.3 is 11.1 Å². The molecule has 3 nitrogen and oxygen atoms in total. The van der Waals surface area contributed by atoms with Crippen molar-refractivity contribution in [2.24, 2.45) is 11.7 Å². The molecule has 0 aromatic heterocycles. The third-order valence-electron chi connectivity index (χ3n) is 3.81. The van der Waals surface area contributed by atoms with Crippen LogP contribution < -0.4 is 11.1 Å². The number of para-hydroxylation sites is 1. The minimum Gasteiger partial charge on any atom is -0.389 e. The first kappa shape index (κ1) is 13.8. The molecule has 0 spiro atoms. The van der Waals surface area contributed by atoms with Crippen LogP contribution in [0.3, 0.4) is 0 Å². The summed E-state index contributed by atoms with van der Waals surface area (Å²) in [5, 5.41) is 2.95. The lowest BCUT2D eigenvalue weighted by molar-refractivity contribution is -0.117. The molecule has 0 aliphatic heterocycles. The fourth-order valence-electron chi connectivity index (χ4n) is 2.59. The van der Waals surface area contributed by atoms with Crippen LogP contribution in [0, 0.1) is 5.92 Å². The minimum atomic E-state index is 0.0341. The van der Waals surface area contributed by atoms with Crippen molar-refractivity contribution in [1.29, 1.82) is 0 Å². The number of thiocarbonyl (C=S) groups is 1. The molecule has 1 saturated carbocycles. The smallest absolute Gasteiger partial charge is 0.228 e. The Morgan fingerprint density at radius 2 is 1.76 bits per heavy atom. The van der Waals surface area contributed by atoms with Crippen molar-refractivity contribution in [1.82, 2.24) is 0 Å². The van der Waals surface area contributed by atoms with Crippen LogP contribution in [0.4, 0.5) is 5.69 Å². The van der Waals surface area contributed by atoms with Crippen molar-refractivity contribution in [2.75, 3.05) is 5.32 Å². The second kappa shape index (κ2) is 5.66. The third-order valence-corrected chi connectivity index (χ3v) is 4.03. The molecular formula is C17H16N2OS. The molecule has 1 fully saturated rings. The van der Waals surface area contributed by atoms with Crippen LogP contribution in [0.1, 0.15) is 23.5 Å². The predicted octanol–water partition coefficient (Wildman–Crippen LogP) is 3.06. The minimum absolute atomic E-state index is 0.0341. The summed E-state index contributed by atoms with van der Waals surface area (Å²) in [6, 6.07) is 17.5. The zero-order valence-corrected chi connectivity index (χ0v) is 12.3. The second-order valence-corrected chi connectivity index (χ2v) is 5.70. The van der Waals surface area contributed by atoms with E-state index in [1.54, 1.807) is 0 Å². The molecule has 106 valence electrons. The van der Waals surface area contributed by atoms with Crippen LogP contribution in [-0.4, -0.2) is 10.9 Å². The Hall–Kier alpha value is -2.20. The molecule has 2 atom stereocenters. The highest BCUT2D eigenvalue weighted by molar-refractivity contribution is 7.80. The number of carbonyl (C=O) groups excluding carboxylic acids is 1. The zero-order chi connectivity index (χ0) is 14.8. The van der Waals surface area contributed by atoms with E-state index in [1.807, 2.05) is 42.5 Å². The van der Waals surface area contributed by atoms with Gasteiger partial charge in [0.05, 0.1) is 5.69 Å². The maximum absolute atomic E-state index is 12.3. The highest BCUT2D eigenvalue weighted by atomic mass is 32.1. The number of benzene rings is 2. The van der Waals surface area contributed by atoms with E-state index in [4.69, 9.17) is 18.0 Å². The molecule has 0 saturated heterocycles.